The molecule has 0 fully saturated rings. The second-order valence-electron chi connectivity index (χ2n) is 6.47. The molecule has 0 saturated heterocycles. The van der Waals surface area contributed by atoms with E-state index in [0.717, 1.165) is 11.1 Å². The van der Waals surface area contributed by atoms with Crippen molar-refractivity contribution in [2.24, 2.45) is 5.73 Å². The number of carbonyl (C=O) groups excluding carboxylic acids is 3. The molecular weight excluding hydrogens is 350 g/mol. The second kappa shape index (κ2) is 7.84. The fourth-order valence-electron chi connectivity index (χ4n) is 2.97. The normalized spacial score (nSPS) is 11.6. The zero-order valence-corrected chi connectivity index (χ0v) is 15.4. The predicted octanol–water partition coefficient (Wildman–Crippen LogP) is 4.28. The Bertz CT molecular complexity index is 956. The lowest BCUT2D eigenvalue weighted by Gasteiger charge is -2.16. The Hall–Kier alpha value is -3.79. The number of nitrogens with two attached hydrogens (primary N) is 1. The summed E-state index contributed by atoms with van der Waals surface area (Å²) in [6.45, 7) is 5.70. The molecule has 0 unspecified atom stereocenters. The summed E-state index contributed by atoms with van der Waals surface area (Å²) >= 11 is 0. The van der Waals surface area contributed by atoms with Gasteiger partial charge < -0.3 is 5.73 Å². The summed E-state index contributed by atoms with van der Waals surface area (Å²) in [5.74, 6) is -0.528. The minimum atomic E-state index is -0.400. The number of carbonyl (C=O) groups is 3. The average Bonchev–Trinajstić information content (AvgIpc) is 2.72. The zero-order chi connectivity index (χ0) is 20.3. The smallest absolute Gasteiger partial charge is 0.248 e. The summed E-state index contributed by atoms with van der Waals surface area (Å²) in [5, 5.41) is 0. The molecule has 2 N–H and O–H groups in total. The molecule has 4 nitrogen and oxygen atoms in total. The maximum atomic E-state index is 12.1. The first-order valence-electron chi connectivity index (χ1n) is 8.73. The molecule has 0 bridgehead atoms. The molecule has 1 aliphatic carbocycles. The van der Waals surface area contributed by atoms with Gasteiger partial charge in [-0.15, -0.1) is 0 Å². The molecule has 1 amide bonds. The molecular formula is C24H19NO3. The highest BCUT2D eigenvalue weighted by Gasteiger charge is 2.28. The van der Waals surface area contributed by atoms with Crippen LogP contribution in [0.3, 0.4) is 0 Å². The van der Waals surface area contributed by atoms with E-state index >= 15 is 0 Å². The summed E-state index contributed by atoms with van der Waals surface area (Å²) in [6.07, 6.45) is 0. The number of ketones is 2. The van der Waals surface area contributed by atoms with Crippen molar-refractivity contribution >= 4 is 23.0 Å². The first-order chi connectivity index (χ1) is 13.4. The maximum Gasteiger partial charge on any atom is 0.248 e. The highest BCUT2D eigenvalue weighted by molar-refractivity contribution is 6.28. The monoisotopic (exact) mass is 369 g/mol. The highest BCUT2D eigenvalue weighted by atomic mass is 16.1. The van der Waals surface area contributed by atoms with Crippen molar-refractivity contribution in [1.82, 2.24) is 0 Å². The van der Waals surface area contributed by atoms with E-state index in [1.807, 2.05) is 19.1 Å². The van der Waals surface area contributed by atoms with E-state index in [0.29, 0.717) is 27.8 Å². The van der Waals surface area contributed by atoms with Crippen molar-refractivity contribution in [3.63, 3.8) is 0 Å². The number of allylic oxidation sites excluding steroid dienone is 1. The largest absolute Gasteiger partial charge is 0.366 e. The molecule has 0 aromatic heterocycles. The van der Waals surface area contributed by atoms with Crippen LogP contribution in [-0.2, 0) is 0 Å². The van der Waals surface area contributed by atoms with E-state index in [4.69, 9.17) is 5.73 Å². The van der Waals surface area contributed by atoms with Crippen LogP contribution in [0, 0.1) is 0 Å². The molecule has 4 heteroatoms. The fraction of sp³-hybridized carbons (Fsp3) is 0.0417. The van der Waals surface area contributed by atoms with Crippen LogP contribution in [0.25, 0.3) is 5.57 Å². The summed E-state index contributed by atoms with van der Waals surface area (Å²) in [7, 11) is 0. The third-order valence-electron chi connectivity index (χ3n) is 4.49. The summed E-state index contributed by atoms with van der Waals surface area (Å²) < 4.78 is 0. The van der Waals surface area contributed by atoms with Crippen LogP contribution in [0.2, 0.25) is 0 Å². The SMILES string of the molecule is C=C(C)c1ccc(C(N)=O)cc1.O=C1c2ccccc2C(=O)c2ccccc21. The summed E-state index contributed by atoms with van der Waals surface area (Å²) in [6, 6.07) is 21.0. The topological polar surface area (TPSA) is 77.2 Å². The van der Waals surface area contributed by atoms with Gasteiger partial charge in [0.2, 0.25) is 5.91 Å². The maximum absolute atomic E-state index is 12.1. The Morgan fingerprint density at radius 3 is 1.29 bits per heavy atom. The first-order valence-corrected chi connectivity index (χ1v) is 8.73. The Kier molecular flexibility index (Phi) is 5.32. The van der Waals surface area contributed by atoms with Gasteiger partial charge in [0, 0.05) is 27.8 Å². The Morgan fingerprint density at radius 2 is 1.00 bits per heavy atom. The summed E-state index contributed by atoms with van der Waals surface area (Å²) in [4.78, 5) is 34.9. The first kappa shape index (κ1) is 19.0. The van der Waals surface area contributed by atoms with Crippen LogP contribution in [0.15, 0.2) is 79.4 Å². The lowest BCUT2D eigenvalue weighted by atomic mass is 9.84. The Morgan fingerprint density at radius 1 is 0.679 bits per heavy atom. The van der Waals surface area contributed by atoms with Crippen molar-refractivity contribution in [2.75, 3.05) is 0 Å². The van der Waals surface area contributed by atoms with Crippen LogP contribution >= 0.6 is 0 Å². The number of hydrogen-bond acceptors (Lipinski definition) is 3. The van der Waals surface area contributed by atoms with Crippen LogP contribution in [-0.4, -0.2) is 17.5 Å². The van der Waals surface area contributed by atoms with Gasteiger partial charge >= 0.3 is 0 Å². The molecule has 0 aliphatic heterocycles. The van der Waals surface area contributed by atoms with Gasteiger partial charge in [0.1, 0.15) is 0 Å². The van der Waals surface area contributed by atoms with E-state index in [2.05, 4.69) is 6.58 Å². The molecule has 4 rings (SSSR count). The van der Waals surface area contributed by atoms with Crippen molar-refractivity contribution in [2.45, 2.75) is 6.92 Å². The quantitative estimate of drug-likeness (QED) is 0.573. The van der Waals surface area contributed by atoms with E-state index in [-0.39, 0.29) is 11.6 Å². The second-order valence-corrected chi connectivity index (χ2v) is 6.47. The number of fused-ring (bicyclic) bond motifs is 2. The fourth-order valence-corrected chi connectivity index (χ4v) is 2.97. The Labute approximate surface area is 163 Å². The van der Waals surface area contributed by atoms with Crippen molar-refractivity contribution < 1.29 is 14.4 Å². The van der Waals surface area contributed by atoms with Gasteiger partial charge in [-0.2, -0.15) is 0 Å². The van der Waals surface area contributed by atoms with E-state index < -0.39 is 5.91 Å². The molecule has 0 spiro atoms. The van der Waals surface area contributed by atoms with Gasteiger partial charge in [-0.05, 0) is 24.6 Å². The number of primary amides is 1. The van der Waals surface area contributed by atoms with Gasteiger partial charge in [-0.3, -0.25) is 14.4 Å². The average molecular weight is 369 g/mol. The van der Waals surface area contributed by atoms with Gasteiger partial charge in [-0.25, -0.2) is 0 Å². The van der Waals surface area contributed by atoms with Crippen molar-refractivity contribution in [3.8, 4) is 0 Å². The molecule has 3 aromatic carbocycles. The summed E-state index contributed by atoms with van der Waals surface area (Å²) in [5.41, 5.74) is 9.63. The lowest BCUT2D eigenvalue weighted by Crippen LogP contribution is -2.20. The minimum Gasteiger partial charge on any atom is -0.366 e. The van der Waals surface area contributed by atoms with Crippen LogP contribution < -0.4 is 5.73 Å². The molecule has 0 heterocycles. The predicted molar refractivity (Wildman–Crippen MR) is 109 cm³/mol. The van der Waals surface area contributed by atoms with E-state index in [1.165, 1.54) is 0 Å². The molecule has 0 saturated carbocycles. The third kappa shape index (κ3) is 3.67. The number of amides is 1. The molecule has 138 valence electrons. The zero-order valence-electron chi connectivity index (χ0n) is 15.4. The van der Waals surface area contributed by atoms with Gasteiger partial charge in [0.25, 0.3) is 0 Å². The molecule has 28 heavy (non-hydrogen) atoms. The molecule has 3 aromatic rings. The number of benzene rings is 3. The van der Waals surface area contributed by atoms with Crippen molar-refractivity contribution in [3.05, 3.63) is 113 Å². The van der Waals surface area contributed by atoms with Gasteiger partial charge in [-0.1, -0.05) is 72.8 Å². The third-order valence-corrected chi connectivity index (χ3v) is 4.49. The Balaban J connectivity index is 0.000000169. The number of rotatable bonds is 2. The van der Waals surface area contributed by atoms with Gasteiger partial charge in [0.05, 0.1) is 0 Å². The van der Waals surface area contributed by atoms with Crippen LogP contribution in [0.4, 0.5) is 0 Å². The number of hydrogen-bond donors (Lipinski definition) is 1. The lowest BCUT2D eigenvalue weighted by molar-refractivity contribution is 0.0979. The standard InChI is InChI=1S/C14H8O2.C10H11NO/c15-13-9-5-1-2-6-10(9)14(16)12-8-4-3-7-11(12)13;1-7(2)8-3-5-9(6-4-8)10(11)12/h1-8H;3-6H,1H2,2H3,(H2,11,12). The molecule has 1 aliphatic rings. The van der Waals surface area contributed by atoms with Gasteiger partial charge in [0.15, 0.2) is 11.6 Å². The van der Waals surface area contributed by atoms with Crippen molar-refractivity contribution in [1.29, 1.82) is 0 Å². The highest BCUT2D eigenvalue weighted by Crippen LogP contribution is 2.26. The van der Waals surface area contributed by atoms with E-state index in [1.54, 1.807) is 60.7 Å². The van der Waals surface area contributed by atoms with E-state index in [9.17, 15) is 14.4 Å². The van der Waals surface area contributed by atoms with Crippen LogP contribution in [0.1, 0.15) is 54.7 Å². The minimum absolute atomic E-state index is 0.0641. The van der Waals surface area contributed by atoms with Crippen LogP contribution in [0.5, 0.6) is 0 Å². The molecule has 0 radical (unpaired) electrons. The molecule has 0 atom stereocenters.